The summed E-state index contributed by atoms with van der Waals surface area (Å²) in [4.78, 5) is 14.2. The Kier molecular flexibility index (Phi) is 14.0. The second kappa shape index (κ2) is 15.8. The fourth-order valence-electron chi connectivity index (χ4n) is 1.93. The molecule has 1 rings (SSSR count). The first-order valence-corrected chi connectivity index (χ1v) is 9.25. The van der Waals surface area contributed by atoms with Crippen LogP contribution in [0.5, 0.6) is 0 Å². The number of rotatable bonds is 11. The summed E-state index contributed by atoms with van der Waals surface area (Å²) >= 11 is 0. The Labute approximate surface area is 175 Å². The fraction of sp³-hybridized carbons (Fsp3) is 0.261. The average Bonchev–Trinajstić information content (AvgIpc) is 2.72. The second-order valence-corrected chi connectivity index (χ2v) is 6.09. The fourth-order valence-corrected chi connectivity index (χ4v) is 1.93. The molecule has 0 spiro atoms. The number of aliphatic imine (C=N–C) groups is 1. The first-order chi connectivity index (χ1) is 13.9. The van der Waals surface area contributed by atoms with Crippen molar-refractivity contribution in [2.75, 3.05) is 32.5 Å². The zero-order valence-corrected chi connectivity index (χ0v) is 17.9. The van der Waals surface area contributed by atoms with Gasteiger partial charge in [0, 0.05) is 45.3 Å². The van der Waals surface area contributed by atoms with E-state index in [9.17, 15) is 0 Å². The first-order valence-electron chi connectivity index (χ1n) is 9.25. The predicted molar refractivity (Wildman–Crippen MR) is 128 cm³/mol. The van der Waals surface area contributed by atoms with E-state index in [1.165, 1.54) is 5.70 Å². The van der Waals surface area contributed by atoms with Crippen LogP contribution >= 0.6 is 0 Å². The summed E-state index contributed by atoms with van der Waals surface area (Å²) in [6.45, 7) is 17.7. The summed E-state index contributed by atoms with van der Waals surface area (Å²) in [6.07, 6.45) is 13.5. The van der Waals surface area contributed by atoms with Crippen molar-refractivity contribution in [3.63, 3.8) is 0 Å². The Hall–Kier alpha value is -3.25. The van der Waals surface area contributed by atoms with Gasteiger partial charge in [0.15, 0.2) is 0 Å². The van der Waals surface area contributed by atoms with Crippen LogP contribution in [-0.2, 0) is 0 Å². The molecule has 0 fully saturated rings. The van der Waals surface area contributed by atoms with Gasteiger partial charge in [-0.05, 0) is 43.4 Å². The molecule has 0 bridgehead atoms. The third-order valence-corrected chi connectivity index (χ3v) is 3.75. The van der Waals surface area contributed by atoms with E-state index in [0.717, 1.165) is 23.3 Å². The molecule has 0 atom stereocenters. The smallest absolute Gasteiger partial charge is 0.223 e. The van der Waals surface area contributed by atoms with E-state index >= 15 is 0 Å². The number of nitrogens with one attached hydrogen (secondary N) is 1. The number of hydrogen-bond acceptors (Lipinski definition) is 6. The average molecular weight is 395 g/mol. The number of hydrogen-bond donors (Lipinski definition) is 2. The molecule has 6 heteroatoms. The molecule has 0 radical (unpaired) electrons. The minimum Gasteiger partial charge on any atom is -0.381 e. The van der Waals surface area contributed by atoms with Crippen molar-refractivity contribution in [3.8, 4) is 0 Å². The maximum atomic E-state index is 5.78. The lowest BCUT2D eigenvalue weighted by molar-refractivity contribution is 0.514. The third kappa shape index (κ3) is 11.2. The Bertz CT molecular complexity index is 756. The molecule has 0 aliphatic rings. The van der Waals surface area contributed by atoms with Gasteiger partial charge in [-0.1, -0.05) is 37.5 Å². The Morgan fingerprint density at radius 3 is 2.59 bits per heavy atom. The highest BCUT2D eigenvalue weighted by atomic mass is 15.1. The molecule has 6 nitrogen and oxygen atoms in total. The van der Waals surface area contributed by atoms with Crippen LogP contribution in [0.4, 0.5) is 5.95 Å². The van der Waals surface area contributed by atoms with Crippen LogP contribution in [0, 0.1) is 0 Å². The summed E-state index contributed by atoms with van der Waals surface area (Å²) in [5, 5.41) is 3.04. The summed E-state index contributed by atoms with van der Waals surface area (Å²) in [7, 11) is 4.02. The largest absolute Gasteiger partial charge is 0.381 e. The highest BCUT2D eigenvalue weighted by molar-refractivity contribution is 5.75. The van der Waals surface area contributed by atoms with E-state index in [1.807, 2.05) is 50.2 Å². The van der Waals surface area contributed by atoms with Gasteiger partial charge in [0.1, 0.15) is 0 Å². The summed E-state index contributed by atoms with van der Waals surface area (Å²) in [6, 6.07) is 1.81. The monoisotopic (exact) mass is 394 g/mol. The zero-order chi connectivity index (χ0) is 22.1. The molecule has 0 saturated carbocycles. The quantitative estimate of drug-likeness (QED) is 0.334. The SMILES string of the molecule is C=C/C=C(\C)N(C)C.C=CCNc1nccc(C(=C)/C(=C/C/C=C\N=C)CN)n1. The van der Waals surface area contributed by atoms with Crippen molar-refractivity contribution in [2.45, 2.75) is 13.3 Å². The number of anilines is 1. The summed E-state index contributed by atoms with van der Waals surface area (Å²) in [5.41, 5.74) is 9.49. The Balaban J connectivity index is 0.000000828. The Morgan fingerprint density at radius 1 is 1.34 bits per heavy atom. The highest BCUT2D eigenvalue weighted by Crippen LogP contribution is 2.19. The molecule has 0 aromatic carbocycles. The lowest BCUT2D eigenvalue weighted by Crippen LogP contribution is -2.08. The van der Waals surface area contributed by atoms with E-state index in [2.05, 4.69) is 46.7 Å². The van der Waals surface area contributed by atoms with Gasteiger partial charge in [-0.15, -0.1) is 6.58 Å². The van der Waals surface area contributed by atoms with Gasteiger partial charge < -0.3 is 16.0 Å². The molecule has 29 heavy (non-hydrogen) atoms. The third-order valence-electron chi connectivity index (χ3n) is 3.75. The maximum Gasteiger partial charge on any atom is 0.223 e. The van der Waals surface area contributed by atoms with Gasteiger partial charge in [0.25, 0.3) is 0 Å². The molecule has 0 aliphatic heterocycles. The lowest BCUT2D eigenvalue weighted by Gasteiger charge is -2.10. The van der Waals surface area contributed by atoms with Gasteiger partial charge in [-0.2, -0.15) is 0 Å². The molecule has 3 N–H and O–H groups in total. The van der Waals surface area contributed by atoms with Crippen LogP contribution in [0.3, 0.4) is 0 Å². The molecule has 156 valence electrons. The predicted octanol–water partition coefficient (Wildman–Crippen LogP) is 4.22. The molecule has 0 unspecified atom stereocenters. The molecule has 1 aromatic heterocycles. The van der Waals surface area contributed by atoms with Crippen LogP contribution in [-0.4, -0.2) is 48.8 Å². The van der Waals surface area contributed by atoms with Gasteiger partial charge in [-0.25, -0.2) is 9.97 Å². The normalized spacial score (nSPS) is 11.3. The lowest BCUT2D eigenvalue weighted by atomic mass is 10.0. The molecular formula is C23H34N6. The van der Waals surface area contributed by atoms with Crippen LogP contribution in [0.15, 0.2) is 84.8 Å². The second-order valence-electron chi connectivity index (χ2n) is 6.09. The summed E-state index contributed by atoms with van der Waals surface area (Å²) < 4.78 is 0. The number of nitrogens with zero attached hydrogens (tertiary/aromatic N) is 4. The van der Waals surface area contributed by atoms with Gasteiger partial charge >= 0.3 is 0 Å². The van der Waals surface area contributed by atoms with E-state index in [1.54, 1.807) is 24.5 Å². The van der Waals surface area contributed by atoms with E-state index in [4.69, 9.17) is 5.73 Å². The van der Waals surface area contributed by atoms with Crippen molar-refractivity contribution in [1.29, 1.82) is 0 Å². The highest BCUT2D eigenvalue weighted by Gasteiger charge is 2.06. The molecule has 1 heterocycles. The maximum absolute atomic E-state index is 5.78. The van der Waals surface area contributed by atoms with Crippen molar-refractivity contribution < 1.29 is 0 Å². The van der Waals surface area contributed by atoms with E-state index in [0.29, 0.717) is 19.0 Å². The van der Waals surface area contributed by atoms with Crippen molar-refractivity contribution in [1.82, 2.24) is 14.9 Å². The summed E-state index contributed by atoms with van der Waals surface area (Å²) in [5.74, 6) is 0.542. The van der Waals surface area contributed by atoms with Crippen LogP contribution < -0.4 is 11.1 Å². The van der Waals surface area contributed by atoms with E-state index < -0.39 is 0 Å². The topological polar surface area (TPSA) is 79.4 Å². The number of nitrogens with two attached hydrogens (primary N) is 1. The van der Waals surface area contributed by atoms with Crippen LogP contribution in [0.2, 0.25) is 0 Å². The Morgan fingerprint density at radius 2 is 2.07 bits per heavy atom. The molecular weight excluding hydrogens is 360 g/mol. The van der Waals surface area contributed by atoms with Crippen molar-refractivity contribution >= 4 is 18.2 Å². The van der Waals surface area contributed by atoms with Gasteiger partial charge in [-0.3, -0.25) is 4.99 Å². The molecule has 1 aromatic rings. The molecule has 0 saturated heterocycles. The van der Waals surface area contributed by atoms with Crippen LogP contribution in [0.25, 0.3) is 5.57 Å². The van der Waals surface area contributed by atoms with Crippen molar-refractivity contribution in [2.24, 2.45) is 10.7 Å². The standard InChI is InChI=1S/C16H21N5.C7H13N/c1-4-9-19-16-20-11-8-15(21-16)13(2)14(12-17)7-5-6-10-18-3;1-5-6-7(2)8(3)4/h4,6-8,10-11H,1-3,5,9,12,17H2,(H,19,20,21);5-6H,1H2,2-4H3/b10-6-,14-7+;7-6+. The van der Waals surface area contributed by atoms with Gasteiger partial charge in [0.05, 0.1) is 5.69 Å². The van der Waals surface area contributed by atoms with Gasteiger partial charge in [0.2, 0.25) is 5.95 Å². The zero-order valence-electron chi connectivity index (χ0n) is 17.9. The minimum absolute atomic E-state index is 0.396. The minimum atomic E-state index is 0.396. The molecule has 0 aliphatic carbocycles. The van der Waals surface area contributed by atoms with Crippen LogP contribution in [0.1, 0.15) is 19.0 Å². The first kappa shape index (κ1) is 25.8. The van der Waals surface area contributed by atoms with Crippen molar-refractivity contribution in [3.05, 3.63) is 85.5 Å². The van der Waals surface area contributed by atoms with E-state index in [-0.39, 0.29) is 0 Å². The number of aromatic nitrogens is 2. The molecule has 0 amide bonds. The number of allylic oxidation sites excluding steroid dienone is 5.